The van der Waals surface area contributed by atoms with Crippen molar-refractivity contribution in [1.82, 2.24) is 4.90 Å². The van der Waals surface area contributed by atoms with Crippen LogP contribution in [-0.4, -0.2) is 29.9 Å². The molecule has 1 saturated heterocycles. The SMILES string of the molecule is [N-]=[N+]=NCC1CCCN1C(=O)c1ccc(Br)cc1. The molecule has 0 bridgehead atoms. The van der Waals surface area contributed by atoms with Crippen LogP contribution >= 0.6 is 15.9 Å². The van der Waals surface area contributed by atoms with E-state index in [1.165, 1.54) is 0 Å². The van der Waals surface area contributed by atoms with Gasteiger partial charge in [-0.15, -0.1) is 0 Å². The maximum atomic E-state index is 12.3. The molecule has 1 aliphatic heterocycles. The number of nitrogens with zero attached hydrogens (tertiary/aromatic N) is 4. The molecule has 0 saturated carbocycles. The Bertz CT molecular complexity index is 481. The van der Waals surface area contributed by atoms with Gasteiger partial charge in [0, 0.05) is 34.1 Å². The third kappa shape index (κ3) is 2.83. The summed E-state index contributed by atoms with van der Waals surface area (Å²) in [6.45, 7) is 1.10. The molecule has 1 unspecified atom stereocenters. The van der Waals surface area contributed by atoms with E-state index in [1.54, 1.807) is 17.0 Å². The van der Waals surface area contributed by atoms with E-state index in [1.807, 2.05) is 12.1 Å². The van der Waals surface area contributed by atoms with Gasteiger partial charge >= 0.3 is 0 Å². The Morgan fingerprint density at radius 2 is 2.22 bits per heavy atom. The van der Waals surface area contributed by atoms with Crippen LogP contribution < -0.4 is 0 Å². The molecule has 0 radical (unpaired) electrons. The predicted molar refractivity (Wildman–Crippen MR) is 72.2 cm³/mol. The van der Waals surface area contributed by atoms with Gasteiger partial charge in [-0.2, -0.15) is 0 Å². The van der Waals surface area contributed by atoms with Gasteiger partial charge in [0.2, 0.25) is 0 Å². The van der Waals surface area contributed by atoms with E-state index in [4.69, 9.17) is 5.53 Å². The summed E-state index contributed by atoms with van der Waals surface area (Å²) < 4.78 is 0.950. The molecule has 1 fully saturated rings. The van der Waals surface area contributed by atoms with E-state index in [2.05, 4.69) is 26.0 Å². The third-order valence-electron chi connectivity index (χ3n) is 3.08. The number of benzene rings is 1. The Hall–Kier alpha value is -1.52. The first-order valence-electron chi connectivity index (χ1n) is 5.80. The fraction of sp³-hybridized carbons (Fsp3) is 0.417. The van der Waals surface area contributed by atoms with E-state index in [9.17, 15) is 4.79 Å². The Morgan fingerprint density at radius 3 is 2.89 bits per heavy atom. The second-order valence-electron chi connectivity index (χ2n) is 4.21. The zero-order chi connectivity index (χ0) is 13.0. The largest absolute Gasteiger partial charge is 0.336 e. The number of hydrogen-bond donors (Lipinski definition) is 0. The highest BCUT2D eigenvalue weighted by atomic mass is 79.9. The topological polar surface area (TPSA) is 69.1 Å². The van der Waals surface area contributed by atoms with Crippen molar-refractivity contribution in [3.8, 4) is 0 Å². The molecule has 1 aromatic carbocycles. The second-order valence-corrected chi connectivity index (χ2v) is 5.13. The molecule has 1 aromatic rings. The maximum Gasteiger partial charge on any atom is 0.254 e. The number of hydrogen-bond acceptors (Lipinski definition) is 2. The standard InChI is InChI=1S/C12H13BrN4O/c13-10-5-3-9(4-6-10)12(18)17-7-1-2-11(17)8-15-16-14/h3-6,11H,1-2,7-8H2. The van der Waals surface area contributed by atoms with Crippen molar-refractivity contribution >= 4 is 21.8 Å². The molecule has 6 heteroatoms. The van der Waals surface area contributed by atoms with E-state index < -0.39 is 0 Å². The average molecular weight is 309 g/mol. The molecule has 5 nitrogen and oxygen atoms in total. The minimum absolute atomic E-state index is 0.0122. The summed E-state index contributed by atoms with van der Waals surface area (Å²) in [7, 11) is 0. The zero-order valence-corrected chi connectivity index (χ0v) is 11.4. The number of halogens is 1. The van der Waals surface area contributed by atoms with Crippen LogP contribution in [0.3, 0.4) is 0 Å². The van der Waals surface area contributed by atoms with Crippen molar-refractivity contribution < 1.29 is 4.79 Å². The monoisotopic (exact) mass is 308 g/mol. The molecule has 2 rings (SSSR count). The Balaban J connectivity index is 2.12. The first kappa shape index (κ1) is 12.9. The van der Waals surface area contributed by atoms with E-state index in [-0.39, 0.29) is 11.9 Å². The fourth-order valence-electron chi connectivity index (χ4n) is 2.18. The van der Waals surface area contributed by atoms with Crippen LogP contribution in [-0.2, 0) is 0 Å². The minimum atomic E-state index is 0.0122. The van der Waals surface area contributed by atoms with Crippen LogP contribution in [0.2, 0.25) is 0 Å². The van der Waals surface area contributed by atoms with Gasteiger partial charge in [-0.3, -0.25) is 4.79 Å². The smallest absolute Gasteiger partial charge is 0.254 e. The summed E-state index contributed by atoms with van der Waals surface area (Å²) in [5, 5.41) is 3.57. The number of carbonyl (C=O) groups is 1. The van der Waals surface area contributed by atoms with Crippen molar-refractivity contribution in [2.45, 2.75) is 18.9 Å². The molecule has 0 aromatic heterocycles. The van der Waals surface area contributed by atoms with Crippen LogP contribution in [0.5, 0.6) is 0 Å². The van der Waals surface area contributed by atoms with Gasteiger partial charge in [-0.25, -0.2) is 0 Å². The molecule has 1 aliphatic rings. The van der Waals surface area contributed by atoms with E-state index in [0.29, 0.717) is 12.1 Å². The lowest BCUT2D eigenvalue weighted by Crippen LogP contribution is -2.37. The quantitative estimate of drug-likeness (QED) is 0.479. The van der Waals surface area contributed by atoms with E-state index in [0.717, 1.165) is 23.9 Å². The maximum absolute atomic E-state index is 12.3. The molecule has 1 atom stereocenters. The summed E-state index contributed by atoms with van der Waals surface area (Å²) in [6.07, 6.45) is 1.87. The third-order valence-corrected chi connectivity index (χ3v) is 3.61. The highest BCUT2D eigenvalue weighted by Crippen LogP contribution is 2.21. The summed E-state index contributed by atoms with van der Waals surface area (Å²) >= 11 is 3.34. The average Bonchev–Trinajstić information content (AvgIpc) is 2.84. The number of carbonyl (C=O) groups excluding carboxylic acids is 1. The Morgan fingerprint density at radius 1 is 1.50 bits per heavy atom. The molecule has 1 heterocycles. The van der Waals surface area contributed by atoms with Gasteiger partial charge < -0.3 is 4.90 Å². The highest BCUT2D eigenvalue weighted by Gasteiger charge is 2.28. The van der Waals surface area contributed by atoms with Crippen LogP contribution in [0, 0.1) is 0 Å². The lowest BCUT2D eigenvalue weighted by molar-refractivity contribution is 0.0741. The molecule has 18 heavy (non-hydrogen) atoms. The summed E-state index contributed by atoms with van der Waals surface area (Å²) in [4.78, 5) is 16.9. The van der Waals surface area contributed by atoms with E-state index >= 15 is 0 Å². The normalized spacial score (nSPS) is 18.5. The molecule has 0 spiro atoms. The van der Waals surface area contributed by atoms with Crippen LogP contribution in [0.25, 0.3) is 10.4 Å². The number of rotatable bonds is 3. The second kappa shape index (κ2) is 5.89. The molecule has 1 amide bonds. The summed E-state index contributed by atoms with van der Waals surface area (Å²) in [5.41, 5.74) is 9.02. The molecular weight excluding hydrogens is 296 g/mol. The molecule has 0 aliphatic carbocycles. The summed E-state index contributed by atoms with van der Waals surface area (Å²) in [6, 6.07) is 7.35. The Kier molecular flexibility index (Phi) is 4.23. The lowest BCUT2D eigenvalue weighted by Gasteiger charge is -2.23. The first-order valence-corrected chi connectivity index (χ1v) is 6.59. The molecule has 0 N–H and O–H groups in total. The Labute approximate surface area is 114 Å². The van der Waals surface area contributed by atoms with Crippen molar-refractivity contribution in [2.75, 3.05) is 13.1 Å². The van der Waals surface area contributed by atoms with Crippen LogP contribution in [0.4, 0.5) is 0 Å². The van der Waals surface area contributed by atoms with Crippen molar-refractivity contribution in [3.63, 3.8) is 0 Å². The lowest BCUT2D eigenvalue weighted by atomic mass is 10.1. The van der Waals surface area contributed by atoms with Gasteiger partial charge in [0.25, 0.3) is 5.91 Å². The first-order chi connectivity index (χ1) is 8.72. The van der Waals surface area contributed by atoms with Crippen molar-refractivity contribution in [2.24, 2.45) is 5.11 Å². The number of amides is 1. The van der Waals surface area contributed by atoms with Gasteiger partial charge in [0.1, 0.15) is 0 Å². The van der Waals surface area contributed by atoms with Gasteiger partial charge in [0.15, 0.2) is 0 Å². The molecule has 94 valence electrons. The van der Waals surface area contributed by atoms with Crippen molar-refractivity contribution in [3.05, 3.63) is 44.7 Å². The summed E-state index contributed by atoms with van der Waals surface area (Å²) in [5.74, 6) is 0.0122. The van der Waals surface area contributed by atoms with Gasteiger partial charge in [0.05, 0.1) is 0 Å². The van der Waals surface area contributed by atoms with Crippen LogP contribution in [0.1, 0.15) is 23.2 Å². The zero-order valence-electron chi connectivity index (χ0n) is 9.79. The highest BCUT2D eigenvalue weighted by molar-refractivity contribution is 9.10. The van der Waals surface area contributed by atoms with Gasteiger partial charge in [-0.05, 0) is 42.6 Å². The number of azide groups is 1. The van der Waals surface area contributed by atoms with Crippen molar-refractivity contribution in [1.29, 1.82) is 0 Å². The number of likely N-dealkylation sites (tertiary alicyclic amines) is 1. The fourth-order valence-corrected chi connectivity index (χ4v) is 2.45. The molecular formula is C12H13BrN4O. The van der Waals surface area contributed by atoms with Crippen LogP contribution in [0.15, 0.2) is 33.9 Å². The predicted octanol–water partition coefficient (Wildman–Crippen LogP) is 3.36. The minimum Gasteiger partial charge on any atom is -0.336 e. The van der Waals surface area contributed by atoms with Gasteiger partial charge in [-0.1, -0.05) is 21.0 Å².